The monoisotopic (exact) mass is 249 g/mol. The van der Waals surface area contributed by atoms with Gasteiger partial charge in [0.1, 0.15) is 0 Å². The number of nitrogens with zero attached hydrogens (tertiary/aromatic N) is 1. The molecule has 0 aromatic heterocycles. The van der Waals surface area contributed by atoms with E-state index in [1.54, 1.807) is 0 Å². The highest BCUT2D eigenvalue weighted by atomic mass is 16.2. The number of hydrogen-bond acceptors (Lipinski definition) is 3. The van der Waals surface area contributed by atoms with E-state index in [-0.39, 0.29) is 5.91 Å². The summed E-state index contributed by atoms with van der Waals surface area (Å²) in [6.07, 6.45) is 2.34. The first-order valence-corrected chi connectivity index (χ1v) is 6.32. The van der Waals surface area contributed by atoms with Crippen LogP contribution in [-0.2, 0) is 4.79 Å². The van der Waals surface area contributed by atoms with E-state index in [0.29, 0.717) is 6.42 Å². The lowest BCUT2D eigenvalue weighted by Gasteiger charge is -2.21. The van der Waals surface area contributed by atoms with Gasteiger partial charge < -0.3 is 4.90 Å². The third-order valence-electron chi connectivity index (χ3n) is 3.07. The smallest absolute Gasteiger partial charge is 0.233 e. The van der Waals surface area contributed by atoms with Crippen LogP contribution in [0.25, 0.3) is 0 Å². The first-order valence-electron chi connectivity index (χ1n) is 6.32. The second-order valence-electron chi connectivity index (χ2n) is 4.74. The molecule has 0 atom stereocenters. The summed E-state index contributed by atoms with van der Waals surface area (Å²) in [6, 6.07) is 6.46. The fourth-order valence-corrected chi connectivity index (χ4v) is 2.06. The first-order chi connectivity index (χ1) is 8.54. The van der Waals surface area contributed by atoms with E-state index in [1.807, 2.05) is 0 Å². The summed E-state index contributed by atoms with van der Waals surface area (Å²) in [7, 11) is 2.08. The Balaban J connectivity index is 2.40. The second-order valence-corrected chi connectivity index (χ2v) is 4.74. The summed E-state index contributed by atoms with van der Waals surface area (Å²) in [5.41, 5.74) is 5.97. The van der Waals surface area contributed by atoms with Crippen molar-refractivity contribution >= 4 is 11.6 Å². The molecule has 0 aliphatic rings. The SMILES string of the molecule is Cc1ccc(N(C)CCCCC(=O)NN)c(C)c1. The van der Waals surface area contributed by atoms with Crippen LogP contribution >= 0.6 is 0 Å². The lowest BCUT2D eigenvalue weighted by atomic mass is 10.1. The van der Waals surface area contributed by atoms with E-state index >= 15 is 0 Å². The van der Waals surface area contributed by atoms with Crippen molar-refractivity contribution in [1.82, 2.24) is 5.43 Å². The fraction of sp³-hybridized carbons (Fsp3) is 0.500. The van der Waals surface area contributed by atoms with E-state index in [9.17, 15) is 4.79 Å². The standard InChI is InChI=1S/C14H23N3O/c1-11-7-8-13(12(2)10-11)17(3)9-5-4-6-14(18)16-15/h7-8,10H,4-6,9,15H2,1-3H3,(H,16,18). The number of benzene rings is 1. The van der Waals surface area contributed by atoms with Crippen LogP contribution in [0.5, 0.6) is 0 Å². The number of nitrogens with two attached hydrogens (primary N) is 1. The molecule has 0 aliphatic carbocycles. The lowest BCUT2D eigenvalue weighted by Crippen LogP contribution is -2.29. The van der Waals surface area contributed by atoms with Crippen LogP contribution < -0.4 is 16.2 Å². The van der Waals surface area contributed by atoms with Gasteiger partial charge in [0.05, 0.1) is 0 Å². The van der Waals surface area contributed by atoms with Crippen LogP contribution in [0.3, 0.4) is 0 Å². The number of anilines is 1. The second kappa shape index (κ2) is 7.01. The third kappa shape index (κ3) is 4.37. The molecule has 0 radical (unpaired) electrons. The van der Waals surface area contributed by atoms with Gasteiger partial charge in [0.25, 0.3) is 0 Å². The number of nitrogens with one attached hydrogen (secondary N) is 1. The normalized spacial score (nSPS) is 10.2. The minimum Gasteiger partial charge on any atom is -0.374 e. The molecule has 0 bridgehead atoms. The molecule has 3 N–H and O–H groups in total. The van der Waals surface area contributed by atoms with Gasteiger partial charge in [0.2, 0.25) is 5.91 Å². The zero-order valence-electron chi connectivity index (χ0n) is 11.5. The zero-order chi connectivity index (χ0) is 13.5. The number of rotatable bonds is 6. The number of unbranched alkanes of at least 4 members (excludes halogenated alkanes) is 1. The van der Waals surface area contributed by atoms with Gasteiger partial charge in [-0.2, -0.15) is 0 Å². The van der Waals surface area contributed by atoms with Gasteiger partial charge in [-0.25, -0.2) is 5.84 Å². The molecule has 0 spiro atoms. The number of hydrazine groups is 1. The van der Waals surface area contributed by atoms with Crippen molar-refractivity contribution in [3.05, 3.63) is 29.3 Å². The average Bonchev–Trinajstić information content (AvgIpc) is 2.34. The van der Waals surface area contributed by atoms with Crippen molar-refractivity contribution in [2.24, 2.45) is 5.84 Å². The number of amides is 1. The zero-order valence-corrected chi connectivity index (χ0v) is 11.5. The molecule has 1 aromatic carbocycles. The fourth-order valence-electron chi connectivity index (χ4n) is 2.06. The first kappa shape index (κ1) is 14.5. The Morgan fingerprint density at radius 3 is 2.67 bits per heavy atom. The molecule has 0 fully saturated rings. The van der Waals surface area contributed by atoms with Gasteiger partial charge in [0.15, 0.2) is 0 Å². The highest BCUT2D eigenvalue weighted by molar-refractivity contribution is 5.75. The molecule has 4 heteroatoms. The molecule has 0 heterocycles. The number of carbonyl (C=O) groups excluding carboxylic acids is 1. The molecule has 1 amide bonds. The summed E-state index contributed by atoms with van der Waals surface area (Å²) in [5.74, 6) is 4.94. The Kier molecular flexibility index (Phi) is 5.65. The maximum atomic E-state index is 11.0. The highest BCUT2D eigenvalue weighted by Crippen LogP contribution is 2.20. The summed E-state index contributed by atoms with van der Waals surface area (Å²) >= 11 is 0. The van der Waals surface area contributed by atoms with E-state index in [4.69, 9.17) is 5.84 Å². The van der Waals surface area contributed by atoms with Gasteiger partial charge >= 0.3 is 0 Å². The Hall–Kier alpha value is -1.55. The maximum Gasteiger partial charge on any atom is 0.233 e. The molecule has 0 saturated carbocycles. The molecule has 100 valence electrons. The van der Waals surface area contributed by atoms with Crippen molar-refractivity contribution in [3.63, 3.8) is 0 Å². The predicted octanol–water partition coefficient (Wildman–Crippen LogP) is 1.90. The van der Waals surface area contributed by atoms with Crippen LogP contribution in [0.15, 0.2) is 18.2 Å². The average molecular weight is 249 g/mol. The van der Waals surface area contributed by atoms with E-state index in [2.05, 4.69) is 49.4 Å². The van der Waals surface area contributed by atoms with Crippen molar-refractivity contribution in [2.75, 3.05) is 18.5 Å². The topological polar surface area (TPSA) is 58.4 Å². The van der Waals surface area contributed by atoms with Gasteiger partial charge in [-0.15, -0.1) is 0 Å². The summed E-state index contributed by atoms with van der Waals surface area (Å²) < 4.78 is 0. The molecule has 0 aliphatic heterocycles. The Bertz CT molecular complexity index is 404. The molecule has 1 aromatic rings. The van der Waals surface area contributed by atoms with E-state index in [0.717, 1.165) is 19.4 Å². The van der Waals surface area contributed by atoms with Crippen LogP contribution in [0.2, 0.25) is 0 Å². The van der Waals surface area contributed by atoms with Gasteiger partial charge in [0, 0.05) is 25.7 Å². The summed E-state index contributed by atoms with van der Waals surface area (Å²) in [6.45, 7) is 5.17. The molecule has 1 rings (SSSR count). The highest BCUT2D eigenvalue weighted by Gasteiger charge is 2.05. The molecule has 0 unspecified atom stereocenters. The Morgan fingerprint density at radius 2 is 2.06 bits per heavy atom. The van der Waals surface area contributed by atoms with Gasteiger partial charge in [-0.05, 0) is 38.3 Å². The van der Waals surface area contributed by atoms with E-state index < -0.39 is 0 Å². The summed E-state index contributed by atoms with van der Waals surface area (Å²) in [4.78, 5) is 13.2. The van der Waals surface area contributed by atoms with Crippen LogP contribution in [-0.4, -0.2) is 19.5 Å². The maximum absolute atomic E-state index is 11.0. The Morgan fingerprint density at radius 1 is 1.33 bits per heavy atom. The third-order valence-corrected chi connectivity index (χ3v) is 3.07. The minimum absolute atomic E-state index is 0.0934. The van der Waals surface area contributed by atoms with Gasteiger partial charge in [-0.3, -0.25) is 10.2 Å². The predicted molar refractivity (Wildman–Crippen MR) is 75.4 cm³/mol. The summed E-state index contributed by atoms with van der Waals surface area (Å²) in [5, 5.41) is 0. The lowest BCUT2D eigenvalue weighted by molar-refractivity contribution is -0.121. The van der Waals surface area contributed by atoms with Gasteiger partial charge in [-0.1, -0.05) is 17.7 Å². The minimum atomic E-state index is -0.0934. The van der Waals surface area contributed by atoms with Crippen molar-refractivity contribution in [3.8, 4) is 0 Å². The van der Waals surface area contributed by atoms with Crippen molar-refractivity contribution < 1.29 is 4.79 Å². The molecule has 18 heavy (non-hydrogen) atoms. The largest absolute Gasteiger partial charge is 0.374 e. The molecule has 4 nitrogen and oxygen atoms in total. The van der Waals surface area contributed by atoms with Crippen LogP contribution in [0, 0.1) is 13.8 Å². The Labute approximate surface area is 109 Å². The van der Waals surface area contributed by atoms with Crippen molar-refractivity contribution in [1.29, 1.82) is 0 Å². The number of hydrogen-bond donors (Lipinski definition) is 2. The number of carbonyl (C=O) groups is 1. The molecular weight excluding hydrogens is 226 g/mol. The number of aryl methyl sites for hydroxylation is 2. The van der Waals surface area contributed by atoms with Crippen molar-refractivity contribution in [2.45, 2.75) is 33.1 Å². The molecule has 0 saturated heterocycles. The van der Waals surface area contributed by atoms with E-state index in [1.165, 1.54) is 16.8 Å². The van der Waals surface area contributed by atoms with Crippen LogP contribution in [0.4, 0.5) is 5.69 Å². The van der Waals surface area contributed by atoms with Crippen LogP contribution in [0.1, 0.15) is 30.4 Å². The molecular formula is C14H23N3O. The quantitative estimate of drug-likeness (QED) is 0.350.